The second kappa shape index (κ2) is 6.43. The summed E-state index contributed by atoms with van der Waals surface area (Å²) >= 11 is 0. The van der Waals surface area contributed by atoms with Crippen LogP contribution in [0.3, 0.4) is 0 Å². The number of nitrogens with one attached hydrogen (secondary N) is 2. The van der Waals surface area contributed by atoms with E-state index in [2.05, 4.69) is 15.4 Å². The third kappa shape index (κ3) is 4.33. The number of aromatic nitrogens is 2. The lowest BCUT2D eigenvalue weighted by atomic mass is 9.92. The highest BCUT2D eigenvalue weighted by Gasteiger charge is 2.19. The van der Waals surface area contributed by atoms with Crippen LogP contribution in [0.25, 0.3) is 0 Å². The first-order valence-electron chi connectivity index (χ1n) is 6.90. The number of carbonyl (C=O) groups excluding carboxylic acids is 1. The van der Waals surface area contributed by atoms with E-state index in [1.165, 1.54) is 24.5 Å². The summed E-state index contributed by atoms with van der Waals surface area (Å²) in [6.45, 7) is 5.94. The van der Waals surface area contributed by atoms with Crippen LogP contribution in [0.5, 0.6) is 0 Å². The van der Waals surface area contributed by atoms with Crippen molar-refractivity contribution in [3.05, 3.63) is 54.1 Å². The Morgan fingerprint density at radius 1 is 1.09 bits per heavy atom. The zero-order valence-electron chi connectivity index (χ0n) is 13.1. The van der Waals surface area contributed by atoms with Gasteiger partial charge in [-0.25, -0.2) is 8.42 Å². The van der Waals surface area contributed by atoms with E-state index in [9.17, 15) is 13.2 Å². The second-order valence-corrected chi connectivity index (χ2v) is 7.59. The highest BCUT2D eigenvalue weighted by molar-refractivity contribution is 7.89. The number of carbonyl (C=O) groups is 1. The van der Waals surface area contributed by atoms with Crippen LogP contribution in [0, 0.1) is 0 Å². The van der Waals surface area contributed by atoms with Gasteiger partial charge in [-0.1, -0.05) is 26.8 Å². The van der Waals surface area contributed by atoms with Crippen molar-refractivity contribution in [2.45, 2.75) is 31.1 Å². The predicted molar refractivity (Wildman–Crippen MR) is 85.0 cm³/mol. The monoisotopic (exact) mass is 334 g/mol. The Labute approximate surface area is 135 Å². The van der Waals surface area contributed by atoms with Crippen molar-refractivity contribution in [3.8, 4) is 0 Å². The van der Waals surface area contributed by atoms with E-state index < -0.39 is 15.9 Å². The maximum absolute atomic E-state index is 12.1. The summed E-state index contributed by atoms with van der Waals surface area (Å²) in [6, 6.07) is 7.86. The molecule has 2 N–H and O–H groups in total. The molecule has 2 aromatic heterocycles. The van der Waals surface area contributed by atoms with Gasteiger partial charge in [0.15, 0.2) is 0 Å². The van der Waals surface area contributed by atoms with Crippen LogP contribution in [0.2, 0.25) is 0 Å². The Bertz CT molecular complexity index is 782. The fourth-order valence-corrected chi connectivity index (χ4v) is 2.50. The quantitative estimate of drug-likeness (QED) is 0.823. The van der Waals surface area contributed by atoms with Crippen LogP contribution in [0.4, 0.5) is 0 Å². The lowest BCUT2D eigenvalue weighted by Crippen LogP contribution is -2.41. The molecule has 0 saturated carbocycles. The van der Waals surface area contributed by atoms with Crippen LogP contribution in [0.1, 0.15) is 37.0 Å². The Balaban J connectivity index is 2.09. The van der Waals surface area contributed by atoms with E-state index in [1.807, 2.05) is 25.6 Å². The van der Waals surface area contributed by atoms with Gasteiger partial charge >= 0.3 is 0 Å². The van der Waals surface area contributed by atoms with Crippen LogP contribution < -0.4 is 10.3 Å². The molecule has 0 aliphatic heterocycles. The molecule has 0 aromatic carbocycles. The third-order valence-corrected chi connectivity index (χ3v) is 4.24. The van der Waals surface area contributed by atoms with Crippen LogP contribution in [0.15, 0.2) is 47.6 Å². The second-order valence-electron chi connectivity index (χ2n) is 5.90. The summed E-state index contributed by atoms with van der Waals surface area (Å²) < 4.78 is 24.3. The van der Waals surface area contributed by atoms with Crippen molar-refractivity contribution in [2.75, 3.05) is 0 Å². The van der Waals surface area contributed by atoms with E-state index >= 15 is 0 Å². The fraction of sp³-hybridized carbons (Fsp3) is 0.267. The van der Waals surface area contributed by atoms with Gasteiger partial charge in [-0.2, -0.15) is 0 Å². The minimum atomic E-state index is -3.90. The maximum atomic E-state index is 12.1. The molecular weight excluding hydrogens is 316 g/mol. The van der Waals surface area contributed by atoms with Gasteiger partial charge in [-0.3, -0.25) is 20.2 Å². The summed E-state index contributed by atoms with van der Waals surface area (Å²) in [4.78, 5) is 21.8. The first-order valence-corrected chi connectivity index (χ1v) is 8.38. The molecule has 0 bridgehead atoms. The molecule has 8 heteroatoms. The van der Waals surface area contributed by atoms with Crippen LogP contribution >= 0.6 is 0 Å². The molecule has 0 aliphatic carbocycles. The first kappa shape index (κ1) is 17.0. The number of hydrogen-bond donors (Lipinski definition) is 2. The van der Waals surface area contributed by atoms with Crippen molar-refractivity contribution >= 4 is 15.9 Å². The molecule has 2 aromatic rings. The van der Waals surface area contributed by atoms with Crippen molar-refractivity contribution in [2.24, 2.45) is 0 Å². The Kier molecular flexibility index (Phi) is 4.76. The number of pyridine rings is 2. The van der Waals surface area contributed by atoms with E-state index in [1.54, 1.807) is 18.2 Å². The van der Waals surface area contributed by atoms with Gasteiger partial charge in [0.2, 0.25) is 0 Å². The Morgan fingerprint density at radius 2 is 1.83 bits per heavy atom. The number of hydrogen-bond acceptors (Lipinski definition) is 5. The largest absolute Gasteiger partial charge is 0.284 e. The lowest BCUT2D eigenvalue weighted by Gasteiger charge is -2.17. The Morgan fingerprint density at radius 3 is 2.35 bits per heavy atom. The minimum absolute atomic E-state index is 0.0354. The van der Waals surface area contributed by atoms with Gasteiger partial charge in [0.1, 0.15) is 10.6 Å². The van der Waals surface area contributed by atoms with E-state index in [0.29, 0.717) is 0 Å². The predicted octanol–water partition coefficient (Wildman–Crippen LogP) is 1.40. The average molecular weight is 334 g/mol. The van der Waals surface area contributed by atoms with Gasteiger partial charge in [0.05, 0.1) is 0 Å². The van der Waals surface area contributed by atoms with Gasteiger partial charge in [0.25, 0.3) is 15.9 Å². The lowest BCUT2D eigenvalue weighted by molar-refractivity contribution is 0.0940. The van der Waals surface area contributed by atoms with Gasteiger partial charge in [-0.05, 0) is 24.3 Å². The molecule has 2 heterocycles. The molecule has 0 aliphatic rings. The molecule has 0 spiro atoms. The van der Waals surface area contributed by atoms with Crippen molar-refractivity contribution < 1.29 is 13.2 Å². The molecule has 1 amide bonds. The fourth-order valence-electron chi connectivity index (χ4n) is 1.72. The molecule has 0 radical (unpaired) electrons. The molecule has 0 atom stereocenters. The smallest absolute Gasteiger partial charge is 0.272 e. The number of nitrogens with zero attached hydrogens (tertiary/aromatic N) is 2. The molecule has 0 saturated heterocycles. The van der Waals surface area contributed by atoms with Crippen molar-refractivity contribution in [1.29, 1.82) is 0 Å². The normalized spacial score (nSPS) is 12.0. The summed E-state index contributed by atoms with van der Waals surface area (Å²) in [5, 5.41) is 0. The maximum Gasteiger partial charge on any atom is 0.284 e. The number of amides is 1. The average Bonchev–Trinajstić information content (AvgIpc) is 2.53. The summed E-state index contributed by atoms with van der Waals surface area (Å²) in [5.74, 6) is -0.645. The van der Waals surface area contributed by atoms with Gasteiger partial charge in [-0.15, -0.1) is 4.83 Å². The number of rotatable bonds is 4. The summed E-state index contributed by atoms with van der Waals surface area (Å²) in [5.41, 5.74) is 2.82. The minimum Gasteiger partial charge on any atom is -0.272 e. The van der Waals surface area contributed by atoms with Gasteiger partial charge < -0.3 is 0 Å². The third-order valence-electron chi connectivity index (χ3n) is 3.01. The van der Waals surface area contributed by atoms with Crippen LogP contribution in [-0.4, -0.2) is 24.3 Å². The van der Waals surface area contributed by atoms with E-state index in [0.717, 1.165) is 5.69 Å². The standard InChI is InChI=1S/C15H18N4O3S/c1-15(2,3)13-8-7-11(10-17-13)23(21,22)19-18-14(20)12-6-4-5-9-16-12/h4-10,19H,1-3H3,(H,18,20). The van der Waals surface area contributed by atoms with Crippen molar-refractivity contribution in [3.63, 3.8) is 0 Å². The molecule has 122 valence electrons. The molecule has 2 rings (SSSR count). The zero-order chi connectivity index (χ0) is 17.1. The number of sulfonamides is 1. The summed E-state index contributed by atoms with van der Waals surface area (Å²) in [7, 11) is -3.90. The highest BCUT2D eigenvalue weighted by Crippen LogP contribution is 2.20. The van der Waals surface area contributed by atoms with Crippen LogP contribution in [-0.2, 0) is 15.4 Å². The highest BCUT2D eigenvalue weighted by atomic mass is 32.2. The molecule has 0 fully saturated rings. The van der Waals surface area contributed by atoms with Gasteiger partial charge in [0, 0.05) is 23.5 Å². The summed E-state index contributed by atoms with van der Waals surface area (Å²) in [6.07, 6.45) is 2.70. The first-order chi connectivity index (χ1) is 10.7. The van der Waals surface area contributed by atoms with E-state index in [4.69, 9.17) is 0 Å². The Hall–Kier alpha value is -2.32. The molecule has 7 nitrogen and oxygen atoms in total. The van der Waals surface area contributed by atoms with Crippen molar-refractivity contribution in [1.82, 2.24) is 20.2 Å². The number of hydrazine groups is 1. The molecular formula is C15H18N4O3S. The SMILES string of the molecule is CC(C)(C)c1ccc(S(=O)(=O)NNC(=O)c2ccccn2)cn1. The van der Waals surface area contributed by atoms with E-state index in [-0.39, 0.29) is 16.0 Å². The molecule has 23 heavy (non-hydrogen) atoms. The topological polar surface area (TPSA) is 101 Å². The molecule has 0 unspecified atom stereocenters. The zero-order valence-corrected chi connectivity index (χ0v) is 13.9.